The van der Waals surface area contributed by atoms with Gasteiger partial charge in [-0.25, -0.2) is 15.0 Å². The molecule has 4 nitrogen and oxygen atoms in total. The third-order valence-electron chi connectivity index (χ3n) is 10.7. The van der Waals surface area contributed by atoms with Crippen molar-refractivity contribution in [3.63, 3.8) is 0 Å². The molecule has 0 saturated heterocycles. The van der Waals surface area contributed by atoms with Gasteiger partial charge in [0.15, 0.2) is 17.5 Å². The molecule has 0 atom stereocenters. The Hall–Kier alpha value is -7.43. The highest BCUT2D eigenvalue weighted by Crippen LogP contribution is 2.39. The summed E-state index contributed by atoms with van der Waals surface area (Å²) in [5.74, 6) is 1.86. The molecule has 0 fully saturated rings. The van der Waals surface area contributed by atoms with E-state index in [0.29, 0.717) is 17.5 Å². The molecule has 0 spiro atoms. The Balaban J connectivity index is 1.02. The molecule has 11 aromatic rings. The van der Waals surface area contributed by atoms with Gasteiger partial charge in [0.05, 0.1) is 0 Å². The fourth-order valence-electron chi connectivity index (χ4n) is 8.00. The molecule has 0 radical (unpaired) electrons. The van der Waals surface area contributed by atoms with Crippen LogP contribution in [0.2, 0.25) is 0 Å². The van der Waals surface area contributed by atoms with E-state index in [0.717, 1.165) is 60.9 Å². The highest BCUT2D eigenvalue weighted by atomic mass is 16.3. The second-order valence-corrected chi connectivity index (χ2v) is 14.0. The van der Waals surface area contributed by atoms with Crippen LogP contribution in [0.15, 0.2) is 192 Å². The first-order valence-corrected chi connectivity index (χ1v) is 18.5. The number of benzene rings is 9. The molecule has 0 bridgehead atoms. The van der Waals surface area contributed by atoms with Crippen LogP contribution in [0.3, 0.4) is 0 Å². The Bertz CT molecular complexity index is 3220. The van der Waals surface area contributed by atoms with Gasteiger partial charge in [-0.3, -0.25) is 0 Å². The molecule has 256 valence electrons. The van der Waals surface area contributed by atoms with Gasteiger partial charge in [0.1, 0.15) is 11.2 Å². The lowest BCUT2D eigenvalue weighted by Gasteiger charge is -2.12. The monoisotopic (exact) mass is 701 g/mol. The van der Waals surface area contributed by atoms with E-state index in [-0.39, 0.29) is 0 Å². The first-order valence-electron chi connectivity index (χ1n) is 18.5. The summed E-state index contributed by atoms with van der Waals surface area (Å²) < 4.78 is 6.51. The van der Waals surface area contributed by atoms with Gasteiger partial charge < -0.3 is 4.42 Å². The van der Waals surface area contributed by atoms with Crippen LogP contribution in [0, 0.1) is 0 Å². The largest absolute Gasteiger partial charge is 0.456 e. The first kappa shape index (κ1) is 31.1. The summed E-state index contributed by atoms with van der Waals surface area (Å²) in [6, 6.07) is 65.8. The Morgan fingerprint density at radius 3 is 1.35 bits per heavy atom. The van der Waals surface area contributed by atoms with Crippen molar-refractivity contribution < 1.29 is 4.42 Å². The molecule has 0 saturated carbocycles. The van der Waals surface area contributed by atoms with Crippen molar-refractivity contribution in [2.45, 2.75) is 0 Å². The van der Waals surface area contributed by atoms with Crippen molar-refractivity contribution in [2.24, 2.45) is 0 Å². The molecule has 2 heterocycles. The Morgan fingerprint density at radius 2 is 0.673 bits per heavy atom. The van der Waals surface area contributed by atoms with Crippen LogP contribution >= 0.6 is 0 Å². The molecule has 9 aromatic carbocycles. The van der Waals surface area contributed by atoms with Crippen LogP contribution in [0.25, 0.3) is 111 Å². The number of fused-ring (bicyclic) bond motifs is 9. The summed E-state index contributed by atoms with van der Waals surface area (Å²) in [7, 11) is 0. The van der Waals surface area contributed by atoms with Gasteiger partial charge in [-0.05, 0) is 97.0 Å². The normalized spacial score (nSPS) is 11.6. The summed E-state index contributed by atoms with van der Waals surface area (Å²) >= 11 is 0. The molecule has 0 aliphatic heterocycles. The Labute approximate surface area is 317 Å². The third kappa shape index (κ3) is 5.34. The molecule has 0 amide bonds. The van der Waals surface area contributed by atoms with Crippen molar-refractivity contribution in [1.82, 2.24) is 15.0 Å². The van der Waals surface area contributed by atoms with Crippen molar-refractivity contribution in [3.05, 3.63) is 188 Å². The van der Waals surface area contributed by atoms with Gasteiger partial charge in [-0.1, -0.05) is 146 Å². The number of hydrogen-bond donors (Lipinski definition) is 0. The standard InChI is InChI=1S/C51H31N3O/c1-3-12-32(13-4-1)34-16-11-17-37(28-34)50-52-49(33-14-5-2-6-15-33)53-51(54-50)38-24-27-47-46(30-38)44-26-23-36(31-48(44)55-47)35-22-25-43-41-20-8-7-18-39(41)40-19-9-10-21-42(40)45(43)29-35/h1-31H. The SMILES string of the molecule is c1ccc(-c2cccc(-c3nc(-c4ccccc4)nc(-c4ccc5oc6cc(-c7ccc8c9ccccc9c9ccccc9c8c7)ccc6c5c4)n3)c2)cc1. The molecule has 2 aromatic heterocycles. The summed E-state index contributed by atoms with van der Waals surface area (Å²) in [5.41, 5.74) is 8.93. The number of rotatable bonds is 5. The maximum Gasteiger partial charge on any atom is 0.164 e. The number of hydrogen-bond acceptors (Lipinski definition) is 4. The zero-order chi connectivity index (χ0) is 36.3. The van der Waals surface area contributed by atoms with E-state index < -0.39 is 0 Å². The second kappa shape index (κ2) is 12.6. The molecular formula is C51H31N3O. The highest BCUT2D eigenvalue weighted by molar-refractivity contribution is 6.25. The Kier molecular flexibility index (Phi) is 7.14. The molecule has 55 heavy (non-hydrogen) atoms. The van der Waals surface area contributed by atoms with E-state index in [9.17, 15) is 0 Å². The molecule has 4 heteroatoms. The van der Waals surface area contributed by atoms with Crippen LogP contribution in [0.1, 0.15) is 0 Å². The fourth-order valence-corrected chi connectivity index (χ4v) is 8.00. The maximum absolute atomic E-state index is 6.51. The van der Waals surface area contributed by atoms with E-state index in [1.54, 1.807) is 0 Å². The van der Waals surface area contributed by atoms with Crippen LogP contribution in [-0.4, -0.2) is 15.0 Å². The molecule has 11 rings (SSSR count). The maximum atomic E-state index is 6.51. The summed E-state index contributed by atoms with van der Waals surface area (Å²) in [6.45, 7) is 0. The summed E-state index contributed by atoms with van der Waals surface area (Å²) in [4.78, 5) is 15.1. The molecular weight excluding hydrogens is 671 g/mol. The van der Waals surface area contributed by atoms with Gasteiger partial charge in [0, 0.05) is 27.5 Å². The lowest BCUT2D eigenvalue weighted by Crippen LogP contribution is -2.00. The van der Waals surface area contributed by atoms with E-state index in [1.807, 2.05) is 48.5 Å². The van der Waals surface area contributed by atoms with E-state index in [1.165, 1.54) is 32.3 Å². The summed E-state index contributed by atoms with van der Waals surface area (Å²) in [5, 5.41) is 9.66. The topological polar surface area (TPSA) is 51.8 Å². The van der Waals surface area contributed by atoms with Crippen molar-refractivity contribution in [2.75, 3.05) is 0 Å². The zero-order valence-electron chi connectivity index (χ0n) is 29.6. The zero-order valence-corrected chi connectivity index (χ0v) is 29.6. The van der Waals surface area contributed by atoms with Crippen LogP contribution in [-0.2, 0) is 0 Å². The quantitative estimate of drug-likeness (QED) is 0.168. The van der Waals surface area contributed by atoms with Gasteiger partial charge in [0.25, 0.3) is 0 Å². The van der Waals surface area contributed by atoms with E-state index >= 15 is 0 Å². The molecule has 0 N–H and O–H groups in total. The number of nitrogens with zero attached hydrogens (tertiary/aromatic N) is 3. The average molecular weight is 702 g/mol. The van der Waals surface area contributed by atoms with Crippen molar-refractivity contribution >= 4 is 54.3 Å². The Morgan fingerprint density at radius 1 is 0.236 bits per heavy atom. The third-order valence-corrected chi connectivity index (χ3v) is 10.7. The lowest BCUT2D eigenvalue weighted by molar-refractivity contribution is 0.669. The van der Waals surface area contributed by atoms with Crippen molar-refractivity contribution in [3.8, 4) is 56.4 Å². The predicted octanol–water partition coefficient (Wildman–Crippen LogP) is 13.6. The van der Waals surface area contributed by atoms with Crippen LogP contribution < -0.4 is 0 Å². The van der Waals surface area contributed by atoms with E-state index in [2.05, 4.69) is 140 Å². The number of furan rings is 1. The minimum atomic E-state index is 0.609. The summed E-state index contributed by atoms with van der Waals surface area (Å²) in [6.07, 6.45) is 0. The van der Waals surface area contributed by atoms with Gasteiger partial charge in [0.2, 0.25) is 0 Å². The minimum Gasteiger partial charge on any atom is -0.456 e. The van der Waals surface area contributed by atoms with Crippen LogP contribution in [0.5, 0.6) is 0 Å². The smallest absolute Gasteiger partial charge is 0.164 e. The average Bonchev–Trinajstić information content (AvgIpc) is 3.64. The van der Waals surface area contributed by atoms with Crippen LogP contribution in [0.4, 0.5) is 0 Å². The second-order valence-electron chi connectivity index (χ2n) is 14.0. The van der Waals surface area contributed by atoms with Crippen molar-refractivity contribution in [1.29, 1.82) is 0 Å². The highest BCUT2D eigenvalue weighted by Gasteiger charge is 2.16. The van der Waals surface area contributed by atoms with E-state index in [4.69, 9.17) is 19.4 Å². The van der Waals surface area contributed by atoms with Gasteiger partial charge >= 0.3 is 0 Å². The van der Waals surface area contributed by atoms with Gasteiger partial charge in [-0.2, -0.15) is 0 Å². The molecule has 0 unspecified atom stereocenters. The number of aromatic nitrogens is 3. The molecule has 0 aliphatic rings. The minimum absolute atomic E-state index is 0.609. The fraction of sp³-hybridized carbons (Fsp3) is 0. The molecule has 0 aliphatic carbocycles. The lowest BCUT2D eigenvalue weighted by atomic mass is 9.92. The first-order chi connectivity index (χ1) is 27.2. The predicted molar refractivity (Wildman–Crippen MR) is 227 cm³/mol. The van der Waals surface area contributed by atoms with Gasteiger partial charge in [-0.15, -0.1) is 0 Å².